The minimum Gasteiger partial charge on any atom is -0.306 e. The van der Waals surface area contributed by atoms with Crippen LogP contribution in [0.25, 0.3) is 0 Å². The minimum absolute atomic E-state index is 0. The Kier molecular flexibility index (Phi) is 4.55. The second kappa shape index (κ2) is 5.47. The average molecular weight is 230 g/mol. The highest BCUT2D eigenvalue weighted by molar-refractivity contribution is 5.85. The molecule has 84 valence electrons. The van der Waals surface area contributed by atoms with Crippen LogP contribution in [0.4, 0.5) is 4.39 Å². The van der Waals surface area contributed by atoms with Crippen LogP contribution < -0.4 is 0 Å². The third-order valence-corrected chi connectivity index (χ3v) is 3.06. The van der Waals surface area contributed by atoms with E-state index in [0.29, 0.717) is 5.92 Å². The van der Waals surface area contributed by atoms with Crippen molar-refractivity contribution in [2.45, 2.75) is 18.8 Å². The van der Waals surface area contributed by atoms with Crippen LogP contribution in [0.3, 0.4) is 0 Å². The van der Waals surface area contributed by atoms with Gasteiger partial charge in [0.25, 0.3) is 0 Å². The Morgan fingerprint density at radius 3 is 2.20 bits per heavy atom. The van der Waals surface area contributed by atoms with Crippen molar-refractivity contribution in [3.05, 3.63) is 35.6 Å². The molecule has 0 unspecified atom stereocenters. The first-order chi connectivity index (χ1) is 6.75. The fraction of sp³-hybridized carbons (Fsp3) is 0.500. The second-order valence-corrected chi connectivity index (χ2v) is 4.13. The molecule has 1 aliphatic heterocycles. The molecule has 3 heteroatoms. The number of rotatable bonds is 1. The summed E-state index contributed by atoms with van der Waals surface area (Å²) in [6.07, 6.45) is 2.39. The van der Waals surface area contributed by atoms with Crippen molar-refractivity contribution in [1.82, 2.24) is 4.90 Å². The molecule has 0 atom stereocenters. The number of nitrogens with zero attached hydrogens (tertiary/aromatic N) is 1. The van der Waals surface area contributed by atoms with Gasteiger partial charge in [0, 0.05) is 0 Å². The summed E-state index contributed by atoms with van der Waals surface area (Å²) in [5, 5.41) is 0. The largest absolute Gasteiger partial charge is 0.306 e. The molecule has 0 spiro atoms. The van der Waals surface area contributed by atoms with E-state index in [4.69, 9.17) is 0 Å². The summed E-state index contributed by atoms with van der Waals surface area (Å²) in [6.45, 7) is 2.31. The molecule has 0 aliphatic carbocycles. The molecule has 0 saturated carbocycles. The molecule has 15 heavy (non-hydrogen) atoms. The maximum Gasteiger partial charge on any atom is 0.123 e. The van der Waals surface area contributed by atoms with Gasteiger partial charge in [-0.15, -0.1) is 12.4 Å². The van der Waals surface area contributed by atoms with Crippen LogP contribution in [0.2, 0.25) is 0 Å². The normalized spacial score (nSPS) is 18.5. The van der Waals surface area contributed by atoms with E-state index in [1.54, 1.807) is 12.1 Å². The molecule has 1 nitrogen and oxygen atoms in total. The summed E-state index contributed by atoms with van der Waals surface area (Å²) in [4.78, 5) is 2.35. The molecule has 2 rings (SSSR count). The predicted molar refractivity (Wildman–Crippen MR) is 63.1 cm³/mol. The fourth-order valence-electron chi connectivity index (χ4n) is 2.08. The topological polar surface area (TPSA) is 3.24 Å². The molecule has 0 bridgehead atoms. The van der Waals surface area contributed by atoms with Crippen molar-refractivity contribution in [2.24, 2.45) is 0 Å². The zero-order valence-electron chi connectivity index (χ0n) is 8.95. The lowest BCUT2D eigenvalue weighted by Crippen LogP contribution is -2.29. The van der Waals surface area contributed by atoms with Crippen molar-refractivity contribution in [1.29, 1.82) is 0 Å². The van der Waals surface area contributed by atoms with Gasteiger partial charge in [-0.2, -0.15) is 0 Å². The number of piperidine rings is 1. The average Bonchev–Trinajstić information content (AvgIpc) is 2.21. The van der Waals surface area contributed by atoms with Gasteiger partial charge < -0.3 is 4.90 Å². The van der Waals surface area contributed by atoms with Crippen molar-refractivity contribution in [2.75, 3.05) is 20.1 Å². The molecular formula is C12H17ClFN. The zero-order valence-corrected chi connectivity index (χ0v) is 9.77. The Morgan fingerprint density at radius 1 is 1.13 bits per heavy atom. The maximum absolute atomic E-state index is 12.7. The summed E-state index contributed by atoms with van der Waals surface area (Å²) in [5.74, 6) is 0.494. The summed E-state index contributed by atoms with van der Waals surface area (Å²) in [6, 6.07) is 6.97. The van der Waals surface area contributed by atoms with E-state index in [2.05, 4.69) is 11.9 Å². The Labute approximate surface area is 96.7 Å². The van der Waals surface area contributed by atoms with Crippen molar-refractivity contribution >= 4 is 12.4 Å². The number of benzene rings is 1. The molecule has 0 amide bonds. The quantitative estimate of drug-likeness (QED) is 0.716. The number of hydrogen-bond donors (Lipinski definition) is 0. The number of halogens is 2. The molecule has 0 aromatic heterocycles. The van der Waals surface area contributed by atoms with E-state index in [9.17, 15) is 4.39 Å². The first-order valence-corrected chi connectivity index (χ1v) is 5.20. The molecule has 0 N–H and O–H groups in total. The highest BCUT2D eigenvalue weighted by Crippen LogP contribution is 2.27. The van der Waals surface area contributed by atoms with E-state index in [1.165, 1.54) is 18.4 Å². The van der Waals surface area contributed by atoms with E-state index in [0.717, 1.165) is 13.1 Å². The van der Waals surface area contributed by atoms with Crippen LogP contribution in [0.15, 0.2) is 24.3 Å². The van der Waals surface area contributed by atoms with Gasteiger partial charge in [-0.3, -0.25) is 0 Å². The molecule has 1 aromatic carbocycles. The Bertz CT molecular complexity index is 291. The van der Waals surface area contributed by atoms with Crippen LogP contribution in [0, 0.1) is 5.82 Å². The van der Waals surface area contributed by atoms with Gasteiger partial charge in [0.1, 0.15) is 5.82 Å². The summed E-state index contributed by atoms with van der Waals surface area (Å²) in [7, 11) is 2.15. The Morgan fingerprint density at radius 2 is 1.67 bits per heavy atom. The maximum atomic E-state index is 12.7. The summed E-state index contributed by atoms with van der Waals surface area (Å²) < 4.78 is 12.7. The smallest absolute Gasteiger partial charge is 0.123 e. The van der Waals surface area contributed by atoms with Crippen molar-refractivity contribution < 1.29 is 4.39 Å². The SMILES string of the molecule is CN1CCC(c2ccc(F)cc2)CC1.Cl. The highest BCUT2D eigenvalue weighted by Gasteiger charge is 2.17. The van der Waals surface area contributed by atoms with Gasteiger partial charge in [0.2, 0.25) is 0 Å². The third-order valence-electron chi connectivity index (χ3n) is 3.06. The summed E-state index contributed by atoms with van der Waals surface area (Å²) in [5.41, 5.74) is 1.29. The lowest BCUT2D eigenvalue weighted by Gasteiger charge is -2.29. The van der Waals surface area contributed by atoms with Crippen LogP contribution in [-0.2, 0) is 0 Å². The van der Waals surface area contributed by atoms with Gasteiger partial charge in [-0.05, 0) is 56.6 Å². The number of likely N-dealkylation sites (tertiary alicyclic amines) is 1. The molecule has 1 aliphatic rings. The highest BCUT2D eigenvalue weighted by atomic mass is 35.5. The fourth-order valence-corrected chi connectivity index (χ4v) is 2.08. The minimum atomic E-state index is -0.137. The van der Waals surface area contributed by atoms with E-state index >= 15 is 0 Å². The molecule has 1 aromatic rings. The zero-order chi connectivity index (χ0) is 9.97. The standard InChI is InChI=1S/C12H16FN.ClH/c1-14-8-6-11(7-9-14)10-2-4-12(13)5-3-10;/h2-5,11H,6-9H2,1H3;1H. The molecule has 1 saturated heterocycles. The third kappa shape index (κ3) is 3.18. The van der Waals surface area contributed by atoms with Gasteiger partial charge in [0.15, 0.2) is 0 Å². The predicted octanol–water partition coefficient (Wildman–Crippen LogP) is 3.06. The number of hydrogen-bond acceptors (Lipinski definition) is 1. The second-order valence-electron chi connectivity index (χ2n) is 4.13. The van der Waals surface area contributed by atoms with Crippen LogP contribution in [-0.4, -0.2) is 25.0 Å². The van der Waals surface area contributed by atoms with Crippen LogP contribution in [0.5, 0.6) is 0 Å². The molecular weight excluding hydrogens is 213 g/mol. The van der Waals surface area contributed by atoms with Crippen LogP contribution in [0.1, 0.15) is 24.3 Å². The molecule has 0 radical (unpaired) electrons. The van der Waals surface area contributed by atoms with Gasteiger partial charge in [0.05, 0.1) is 0 Å². The van der Waals surface area contributed by atoms with Gasteiger partial charge >= 0.3 is 0 Å². The van der Waals surface area contributed by atoms with Crippen molar-refractivity contribution in [3.8, 4) is 0 Å². The first kappa shape index (κ1) is 12.5. The molecule has 1 heterocycles. The molecule has 1 fully saturated rings. The monoisotopic (exact) mass is 229 g/mol. The van der Waals surface area contributed by atoms with Gasteiger partial charge in [-0.25, -0.2) is 4.39 Å². The van der Waals surface area contributed by atoms with Crippen LogP contribution >= 0.6 is 12.4 Å². The Hall–Kier alpha value is -0.600. The summed E-state index contributed by atoms with van der Waals surface area (Å²) >= 11 is 0. The van der Waals surface area contributed by atoms with E-state index in [-0.39, 0.29) is 18.2 Å². The van der Waals surface area contributed by atoms with E-state index < -0.39 is 0 Å². The van der Waals surface area contributed by atoms with Crippen molar-refractivity contribution in [3.63, 3.8) is 0 Å². The Balaban J connectivity index is 0.00000112. The lowest BCUT2D eigenvalue weighted by atomic mass is 9.90. The van der Waals surface area contributed by atoms with Gasteiger partial charge in [-0.1, -0.05) is 12.1 Å². The first-order valence-electron chi connectivity index (χ1n) is 5.20. The van der Waals surface area contributed by atoms with E-state index in [1.807, 2.05) is 12.1 Å². The lowest BCUT2D eigenvalue weighted by molar-refractivity contribution is 0.255.